The van der Waals surface area contributed by atoms with Gasteiger partial charge in [-0.3, -0.25) is 9.10 Å². The third kappa shape index (κ3) is 4.61. The van der Waals surface area contributed by atoms with Crippen LogP contribution in [0.25, 0.3) is 0 Å². The Morgan fingerprint density at radius 3 is 2.53 bits per heavy atom. The van der Waals surface area contributed by atoms with Crippen LogP contribution in [0.3, 0.4) is 0 Å². The van der Waals surface area contributed by atoms with E-state index in [0.29, 0.717) is 12.1 Å². The van der Waals surface area contributed by atoms with Gasteiger partial charge in [0.05, 0.1) is 18.0 Å². The average molecular weight is 431 g/mol. The van der Waals surface area contributed by atoms with Crippen LogP contribution in [0, 0.1) is 13.8 Å². The van der Waals surface area contributed by atoms with Crippen LogP contribution in [-0.4, -0.2) is 32.2 Å². The highest BCUT2D eigenvalue weighted by molar-refractivity contribution is 7.92. The molecule has 0 radical (unpaired) electrons. The quantitative estimate of drug-likeness (QED) is 0.781. The second-order valence-corrected chi connectivity index (χ2v) is 10.5. The molecule has 0 saturated heterocycles. The maximum atomic E-state index is 13.2. The Balaban J connectivity index is 1.93. The van der Waals surface area contributed by atoms with Crippen molar-refractivity contribution in [2.75, 3.05) is 10.6 Å². The van der Waals surface area contributed by atoms with Crippen molar-refractivity contribution in [3.63, 3.8) is 0 Å². The van der Waals surface area contributed by atoms with Crippen LogP contribution in [-0.2, 0) is 14.8 Å². The summed E-state index contributed by atoms with van der Waals surface area (Å²) in [6, 6.07) is 12.0. The first kappa shape index (κ1) is 22.2. The van der Waals surface area contributed by atoms with Gasteiger partial charge in [-0.25, -0.2) is 8.42 Å². The van der Waals surface area contributed by atoms with Crippen LogP contribution in [0.1, 0.15) is 49.9 Å². The van der Waals surface area contributed by atoms with E-state index in [9.17, 15) is 13.2 Å². The molecule has 162 valence electrons. The van der Waals surface area contributed by atoms with Gasteiger partial charge in [-0.1, -0.05) is 30.3 Å². The Hall–Kier alpha value is -2.54. The minimum absolute atomic E-state index is 0.264. The van der Waals surface area contributed by atoms with E-state index in [1.165, 1.54) is 4.31 Å². The summed E-state index contributed by atoms with van der Waals surface area (Å²) in [6.45, 7) is 9.31. The Bertz CT molecular complexity index is 1060. The minimum atomic E-state index is -3.68. The van der Waals surface area contributed by atoms with Gasteiger partial charge in [-0.2, -0.15) is 0 Å². The summed E-state index contributed by atoms with van der Waals surface area (Å²) in [7, 11) is -3.68. The second kappa shape index (κ2) is 7.95. The second-order valence-electron chi connectivity index (χ2n) is 8.69. The van der Waals surface area contributed by atoms with Gasteiger partial charge in [0.1, 0.15) is 17.4 Å². The van der Waals surface area contributed by atoms with Crippen molar-refractivity contribution in [2.45, 2.75) is 58.7 Å². The van der Waals surface area contributed by atoms with Crippen molar-refractivity contribution >= 4 is 21.6 Å². The Morgan fingerprint density at radius 1 is 1.20 bits per heavy atom. The van der Waals surface area contributed by atoms with Crippen molar-refractivity contribution in [3.8, 4) is 5.75 Å². The van der Waals surface area contributed by atoms with E-state index in [4.69, 9.17) is 4.74 Å². The molecule has 0 fully saturated rings. The molecule has 1 N–H and O–H groups in total. The van der Waals surface area contributed by atoms with Gasteiger partial charge in [0.2, 0.25) is 15.9 Å². The third-order valence-electron chi connectivity index (χ3n) is 5.38. The van der Waals surface area contributed by atoms with E-state index in [1.807, 2.05) is 64.1 Å². The number of hydrogen-bond acceptors (Lipinski definition) is 4. The van der Waals surface area contributed by atoms with E-state index < -0.39 is 21.7 Å². The Labute approximate surface area is 179 Å². The highest BCUT2D eigenvalue weighted by Crippen LogP contribution is 2.39. The molecular formula is C23H30N2O4S. The molecule has 2 unspecified atom stereocenters. The number of carbonyl (C=O) groups excluding carboxylic acids is 1. The van der Waals surface area contributed by atoms with Crippen LogP contribution in [0.15, 0.2) is 42.5 Å². The van der Waals surface area contributed by atoms with E-state index >= 15 is 0 Å². The molecule has 1 amide bonds. The number of anilines is 1. The molecule has 30 heavy (non-hydrogen) atoms. The number of benzene rings is 2. The summed E-state index contributed by atoms with van der Waals surface area (Å²) in [5.74, 6) is 0.389. The summed E-state index contributed by atoms with van der Waals surface area (Å²) in [5.41, 5.74) is 2.70. The summed E-state index contributed by atoms with van der Waals surface area (Å²) in [6.07, 6.45) is 1.72. The monoisotopic (exact) mass is 430 g/mol. The fourth-order valence-electron chi connectivity index (χ4n) is 3.96. The number of aryl methyl sites for hydroxylation is 2. The van der Waals surface area contributed by atoms with E-state index in [0.717, 1.165) is 28.7 Å². The summed E-state index contributed by atoms with van der Waals surface area (Å²) in [5, 5.41) is 3.06. The fourth-order valence-corrected chi connectivity index (χ4v) is 5.19. The van der Waals surface area contributed by atoms with Gasteiger partial charge in [-0.15, -0.1) is 0 Å². The van der Waals surface area contributed by atoms with Gasteiger partial charge in [0.15, 0.2) is 0 Å². The average Bonchev–Trinajstić information content (AvgIpc) is 2.62. The maximum absolute atomic E-state index is 13.2. The van der Waals surface area contributed by atoms with E-state index in [2.05, 4.69) is 5.32 Å². The number of amides is 1. The number of rotatable bonds is 5. The molecule has 0 aromatic heterocycles. The normalized spacial score (nSPS) is 18.7. The van der Waals surface area contributed by atoms with Crippen molar-refractivity contribution in [3.05, 3.63) is 59.2 Å². The molecule has 0 spiro atoms. The number of ether oxygens (including phenoxy) is 1. The number of nitrogens with one attached hydrogen (secondary N) is 1. The number of nitrogens with zero attached hydrogens (tertiary/aromatic N) is 1. The molecule has 0 bridgehead atoms. The SMILES string of the molecule is Cc1ccc(C)c(N(C(C)C(=O)NC2CC(C)(C)Oc3ccccc32)S(C)(=O)=O)c1. The maximum Gasteiger partial charge on any atom is 0.244 e. The minimum Gasteiger partial charge on any atom is -0.487 e. The fraction of sp³-hybridized carbons (Fsp3) is 0.435. The van der Waals surface area contributed by atoms with Crippen molar-refractivity contribution in [2.24, 2.45) is 0 Å². The molecule has 2 aromatic rings. The molecule has 6 nitrogen and oxygen atoms in total. The Kier molecular flexibility index (Phi) is 5.87. The summed E-state index contributed by atoms with van der Waals surface area (Å²) >= 11 is 0. The molecule has 2 aromatic carbocycles. The van der Waals surface area contributed by atoms with Crippen molar-refractivity contribution in [1.29, 1.82) is 0 Å². The smallest absolute Gasteiger partial charge is 0.244 e. The Morgan fingerprint density at radius 2 is 1.87 bits per heavy atom. The van der Waals surface area contributed by atoms with Crippen LogP contribution in [0.4, 0.5) is 5.69 Å². The zero-order valence-electron chi connectivity index (χ0n) is 18.4. The number of hydrogen-bond donors (Lipinski definition) is 1. The molecular weight excluding hydrogens is 400 g/mol. The number of para-hydroxylation sites is 1. The number of fused-ring (bicyclic) bond motifs is 1. The van der Waals surface area contributed by atoms with Crippen LogP contribution >= 0.6 is 0 Å². The first-order valence-electron chi connectivity index (χ1n) is 10.0. The van der Waals surface area contributed by atoms with Crippen LogP contribution in [0.5, 0.6) is 5.75 Å². The van der Waals surface area contributed by atoms with Gasteiger partial charge in [0.25, 0.3) is 0 Å². The lowest BCUT2D eigenvalue weighted by atomic mass is 9.89. The zero-order chi connectivity index (χ0) is 22.3. The van der Waals surface area contributed by atoms with Crippen molar-refractivity contribution in [1.82, 2.24) is 5.32 Å². The highest BCUT2D eigenvalue weighted by atomic mass is 32.2. The lowest BCUT2D eigenvalue weighted by Gasteiger charge is -2.39. The summed E-state index contributed by atoms with van der Waals surface area (Å²) < 4.78 is 32.6. The largest absolute Gasteiger partial charge is 0.487 e. The molecule has 1 aliphatic heterocycles. The van der Waals surface area contributed by atoms with Gasteiger partial charge >= 0.3 is 0 Å². The first-order chi connectivity index (χ1) is 13.9. The first-order valence-corrected chi connectivity index (χ1v) is 11.9. The molecule has 3 rings (SSSR count). The van der Waals surface area contributed by atoms with E-state index in [-0.39, 0.29) is 11.9 Å². The van der Waals surface area contributed by atoms with Crippen LogP contribution in [0.2, 0.25) is 0 Å². The third-order valence-corrected chi connectivity index (χ3v) is 6.61. The molecule has 0 aliphatic carbocycles. The number of sulfonamides is 1. The molecule has 1 heterocycles. The predicted octanol–water partition coefficient (Wildman–Crippen LogP) is 3.88. The van der Waals surface area contributed by atoms with E-state index in [1.54, 1.807) is 13.0 Å². The standard InChI is InChI=1S/C23H30N2O4S/c1-15-11-12-16(2)20(13-15)25(30(6,27)28)17(3)22(26)24-19-14-23(4,5)29-21-10-8-7-9-18(19)21/h7-13,17,19H,14H2,1-6H3,(H,24,26). The van der Waals surface area contributed by atoms with Gasteiger partial charge < -0.3 is 10.1 Å². The lowest BCUT2D eigenvalue weighted by Crippen LogP contribution is -2.50. The lowest BCUT2D eigenvalue weighted by molar-refractivity contribution is -0.123. The molecule has 1 aliphatic rings. The molecule has 2 atom stereocenters. The predicted molar refractivity (Wildman–Crippen MR) is 119 cm³/mol. The molecule has 0 saturated carbocycles. The number of carbonyl (C=O) groups is 1. The molecule has 7 heteroatoms. The van der Waals surface area contributed by atoms with Gasteiger partial charge in [-0.05, 0) is 57.9 Å². The van der Waals surface area contributed by atoms with Crippen molar-refractivity contribution < 1.29 is 17.9 Å². The zero-order valence-corrected chi connectivity index (χ0v) is 19.2. The van der Waals surface area contributed by atoms with Gasteiger partial charge in [0, 0.05) is 12.0 Å². The van der Waals surface area contributed by atoms with Crippen LogP contribution < -0.4 is 14.4 Å². The summed E-state index contributed by atoms with van der Waals surface area (Å²) in [4.78, 5) is 13.2. The highest BCUT2D eigenvalue weighted by Gasteiger charge is 2.37. The topological polar surface area (TPSA) is 75.7 Å².